The zero-order valence-electron chi connectivity index (χ0n) is 19.0. The Labute approximate surface area is 207 Å². The number of para-hydroxylation sites is 1. The van der Waals surface area contributed by atoms with Gasteiger partial charge in [-0.2, -0.15) is 0 Å². The van der Waals surface area contributed by atoms with Crippen molar-refractivity contribution < 1.29 is 17.9 Å². The SMILES string of the molecule is COc1ccc(S(=O)(=O)Nc2cccc(C(=O)N3CCN(c4nc5ccccc5s4)CC3)c2)cc1. The van der Waals surface area contributed by atoms with Crippen LogP contribution in [-0.4, -0.2) is 57.5 Å². The summed E-state index contributed by atoms with van der Waals surface area (Å²) in [4.78, 5) is 22.0. The first-order valence-electron chi connectivity index (χ1n) is 11.1. The monoisotopic (exact) mass is 508 g/mol. The molecule has 0 unspecified atom stereocenters. The number of benzene rings is 3. The lowest BCUT2D eigenvalue weighted by atomic mass is 10.1. The number of nitrogens with one attached hydrogen (secondary N) is 1. The molecule has 180 valence electrons. The van der Waals surface area contributed by atoms with Gasteiger partial charge in [-0.3, -0.25) is 9.52 Å². The maximum absolute atomic E-state index is 13.1. The van der Waals surface area contributed by atoms with E-state index in [1.54, 1.807) is 52.6 Å². The molecule has 0 atom stereocenters. The van der Waals surface area contributed by atoms with Crippen LogP contribution in [0.4, 0.5) is 10.8 Å². The van der Waals surface area contributed by atoms with Crippen molar-refractivity contribution in [3.05, 3.63) is 78.4 Å². The van der Waals surface area contributed by atoms with E-state index in [-0.39, 0.29) is 10.8 Å². The van der Waals surface area contributed by atoms with E-state index in [1.165, 1.54) is 19.2 Å². The predicted molar refractivity (Wildman–Crippen MR) is 138 cm³/mol. The molecule has 1 N–H and O–H groups in total. The number of hydrogen-bond acceptors (Lipinski definition) is 7. The van der Waals surface area contributed by atoms with Crippen molar-refractivity contribution in [2.24, 2.45) is 0 Å². The molecule has 0 aliphatic carbocycles. The molecule has 1 saturated heterocycles. The van der Waals surface area contributed by atoms with Gasteiger partial charge in [0.2, 0.25) is 0 Å². The Kier molecular flexibility index (Phi) is 6.31. The van der Waals surface area contributed by atoms with E-state index in [0.29, 0.717) is 43.2 Å². The van der Waals surface area contributed by atoms with Crippen LogP contribution in [0.5, 0.6) is 5.75 Å². The number of amides is 1. The van der Waals surface area contributed by atoms with Crippen LogP contribution >= 0.6 is 11.3 Å². The molecular weight excluding hydrogens is 484 g/mol. The summed E-state index contributed by atoms with van der Waals surface area (Å²) in [5.74, 6) is 0.444. The number of piperazine rings is 1. The third-order valence-corrected chi connectivity index (χ3v) is 8.35. The number of aromatic nitrogens is 1. The largest absolute Gasteiger partial charge is 0.497 e. The van der Waals surface area contributed by atoms with Gasteiger partial charge in [-0.15, -0.1) is 0 Å². The van der Waals surface area contributed by atoms with Crippen LogP contribution in [0.25, 0.3) is 10.2 Å². The number of ether oxygens (including phenoxy) is 1. The lowest BCUT2D eigenvalue weighted by molar-refractivity contribution is 0.0747. The molecule has 3 aromatic carbocycles. The van der Waals surface area contributed by atoms with Crippen LogP contribution in [0, 0.1) is 0 Å². The maximum Gasteiger partial charge on any atom is 0.261 e. The first-order valence-corrected chi connectivity index (χ1v) is 13.4. The number of rotatable bonds is 6. The van der Waals surface area contributed by atoms with Crippen LogP contribution < -0.4 is 14.4 Å². The number of sulfonamides is 1. The van der Waals surface area contributed by atoms with Gasteiger partial charge in [-0.1, -0.05) is 29.5 Å². The normalized spacial score (nSPS) is 14.2. The second-order valence-electron chi connectivity index (χ2n) is 8.11. The first-order chi connectivity index (χ1) is 16.9. The van der Waals surface area contributed by atoms with Crippen LogP contribution in [0.1, 0.15) is 10.4 Å². The fourth-order valence-corrected chi connectivity index (χ4v) is 6.03. The molecule has 4 aromatic rings. The summed E-state index contributed by atoms with van der Waals surface area (Å²) in [6.45, 7) is 2.51. The van der Waals surface area contributed by atoms with Crippen LogP contribution in [0.3, 0.4) is 0 Å². The van der Waals surface area contributed by atoms with Gasteiger partial charge in [0.15, 0.2) is 5.13 Å². The average molecular weight is 509 g/mol. The van der Waals surface area contributed by atoms with E-state index >= 15 is 0 Å². The highest BCUT2D eigenvalue weighted by molar-refractivity contribution is 7.92. The molecule has 0 spiro atoms. The fraction of sp³-hybridized carbons (Fsp3) is 0.200. The lowest BCUT2D eigenvalue weighted by Gasteiger charge is -2.34. The summed E-state index contributed by atoms with van der Waals surface area (Å²) < 4.78 is 34.3. The Bertz CT molecular complexity index is 1430. The molecule has 1 aromatic heterocycles. The van der Waals surface area contributed by atoms with Gasteiger partial charge in [-0.05, 0) is 54.6 Å². The van der Waals surface area contributed by atoms with Crippen LogP contribution in [-0.2, 0) is 10.0 Å². The number of fused-ring (bicyclic) bond motifs is 1. The summed E-state index contributed by atoms with van der Waals surface area (Å²) in [6, 6.07) is 20.8. The minimum absolute atomic E-state index is 0.112. The summed E-state index contributed by atoms with van der Waals surface area (Å²) >= 11 is 1.66. The van der Waals surface area contributed by atoms with Crippen molar-refractivity contribution in [3.8, 4) is 5.75 Å². The Morgan fingerprint density at radius 3 is 2.43 bits per heavy atom. The van der Waals surface area contributed by atoms with E-state index in [1.807, 2.05) is 18.2 Å². The zero-order valence-corrected chi connectivity index (χ0v) is 20.7. The third-order valence-electron chi connectivity index (χ3n) is 5.85. The molecule has 0 bridgehead atoms. The van der Waals surface area contributed by atoms with E-state index in [9.17, 15) is 13.2 Å². The van der Waals surface area contributed by atoms with Gasteiger partial charge >= 0.3 is 0 Å². The third kappa shape index (κ3) is 4.94. The topological polar surface area (TPSA) is 91.8 Å². The summed E-state index contributed by atoms with van der Waals surface area (Å²) in [7, 11) is -2.28. The molecular formula is C25H24N4O4S2. The van der Waals surface area contributed by atoms with Gasteiger partial charge < -0.3 is 14.5 Å². The van der Waals surface area contributed by atoms with Gasteiger partial charge in [0.1, 0.15) is 5.75 Å². The van der Waals surface area contributed by atoms with Gasteiger partial charge in [-0.25, -0.2) is 13.4 Å². The number of carbonyl (C=O) groups is 1. The quantitative estimate of drug-likeness (QED) is 0.422. The second kappa shape index (κ2) is 9.55. The smallest absolute Gasteiger partial charge is 0.261 e. The summed E-state index contributed by atoms with van der Waals surface area (Å²) in [6.07, 6.45) is 0. The average Bonchev–Trinajstić information content (AvgIpc) is 3.33. The zero-order chi connectivity index (χ0) is 24.4. The molecule has 35 heavy (non-hydrogen) atoms. The van der Waals surface area contributed by atoms with Gasteiger partial charge in [0, 0.05) is 37.4 Å². The fourth-order valence-electron chi connectivity index (χ4n) is 3.96. The number of methoxy groups -OCH3 is 1. The molecule has 1 fully saturated rings. The minimum atomic E-state index is -3.80. The van der Waals surface area contributed by atoms with E-state index < -0.39 is 10.0 Å². The molecule has 5 rings (SSSR count). The molecule has 0 saturated carbocycles. The van der Waals surface area contributed by atoms with Crippen molar-refractivity contribution in [3.63, 3.8) is 0 Å². The van der Waals surface area contributed by atoms with Crippen molar-refractivity contribution in [1.29, 1.82) is 0 Å². The lowest BCUT2D eigenvalue weighted by Crippen LogP contribution is -2.48. The van der Waals surface area contributed by atoms with Crippen molar-refractivity contribution >= 4 is 48.3 Å². The molecule has 8 nitrogen and oxygen atoms in total. The van der Waals surface area contributed by atoms with Crippen molar-refractivity contribution in [2.45, 2.75) is 4.90 Å². The molecule has 2 heterocycles. The van der Waals surface area contributed by atoms with Crippen molar-refractivity contribution in [1.82, 2.24) is 9.88 Å². The van der Waals surface area contributed by atoms with E-state index in [4.69, 9.17) is 9.72 Å². The standard InChI is InChI=1S/C25H24N4O4S2/c1-33-20-9-11-21(12-10-20)35(31,32)27-19-6-4-5-18(17-19)24(30)28-13-15-29(16-14-28)25-26-22-7-2-3-8-23(22)34-25/h2-12,17,27H,13-16H2,1H3. The summed E-state index contributed by atoms with van der Waals surface area (Å²) in [5, 5.41) is 0.966. The number of nitrogens with zero attached hydrogens (tertiary/aromatic N) is 3. The second-order valence-corrected chi connectivity index (χ2v) is 10.8. The Morgan fingerprint density at radius 2 is 1.71 bits per heavy atom. The molecule has 1 aliphatic rings. The summed E-state index contributed by atoms with van der Waals surface area (Å²) in [5.41, 5.74) is 1.76. The number of carbonyl (C=O) groups excluding carboxylic acids is 1. The van der Waals surface area contributed by atoms with Crippen molar-refractivity contribution in [2.75, 3.05) is 42.9 Å². The number of thiazole rings is 1. The van der Waals surface area contributed by atoms with Crippen LogP contribution in [0.15, 0.2) is 77.7 Å². The molecule has 0 radical (unpaired) electrons. The van der Waals surface area contributed by atoms with Gasteiger partial charge in [0.25, 0.3) is 15.9 Å². The Balaban J connectivity index is 1.25. The highest BCUT2D eigenvalue weighted by atomic mass is 32.2. The molecule has 1 amide bonds. The Hall–Kier alpha value is -3.63. The first kappa shape index (κ1) is 23.1. The molecule has 10 heteroatoms. The number of hydrogen-bond donors (Lipinski definition) is 1. The van der Waals surface area contributed by atoms with Crippen LogP contribution in [0.2, 0.25) is 0 Å². The number of anilines is 2. The highest BCUT2D eigenvalue weighted by Crippen LogP contribution is 2.29. The predicted octanol–water partition coefficient (Wildman–Crippen LogP) is 4.07. The highest BCUT2D eigenvalue weighted by Gasteiger charge is 2.24. The molecule has 1 aliphatic heterocycles. The Morgan fingerprint density at radius 1 is 0.971 bits per heavy atom. The maximum atomic E-state index is 13.1. The van der Waals surface area contributed by atoms with E-state index in [2.05, 4.69) is 15.7 Å². The van der Waals surface area contributed by atoms with Gasteiger partial charge in [0.05, 0.1) is 22.2 Å². The minimum Gasteiger partial charge on any atom is -0.497 e. The van der Waals surface area contributed by atoms with E-state index in [0.717, 1.165) is 15.3 Å².